The minimum Gasteiger partial charge on any atom is -0.379 e. The van der Waals surface area contributed by atoms with E-state index in [1.54, 1.807) is 0 Å². The van der Waals surface area contributed by atoms with Crippen molar-refractivity contribution in [2.75, 3.05) is 59.0 Å². The molecule has 3 fully saturated rings. The third-order valence-corrected chi connectivity index (χ3v) is 8.23. The van der Waals surface area contributed by atoms with E-state index in [1.807, 2.05) is 4.90 Å². The van der Waals surface area contributed by atoms with Crippen LogP contribution in [0.25, 0.3) is 0 Å². The van der Waals surface area contributed by atoms with Crippen LogP contribution >= 0.6 is 0 Å². The highest BCUT2D eigenvalue weighted by molar-refractivity contribution is 6.00. The van der Waals surface area contributed by atoms with E-state index in [0.717, 1.165) is 71.7 Å². The van der Waals surface area contributed by atoms with E-state index in [-0.39, 0.29) is 11.8 Å². The Hall–Kier alpha value is -1.96. The Labute approximate surface area is 217 Å². The van der Waals surface area contributed by atoms with E-state index < -0.39 is 11.6 Å². The highest BCUT2D eigenvalue weighted by atomic mass is 16.5. The molecule has 1 spiro atoms. The van der Waals surface area contributed by atoms with Crippen LogP contribution in [0.5, 0.6) is 0 Å². The highest BCUT2D eigenvalue weighted by Crippen LogP contribution is 2.34. The lowest BCUT2D eigenvalue weighted by Gasteiger charge is -2.52. The lowest BCUT2D eigenvalue weighted by Crippen LogP contribution is -2.73. The van der Waals surface area contributed by atoms with Gasteiger partial charge in [0.05, 0.1) is 13.2 Å². The predicted molar refractivity (Wildman–Crippen MR) is 143 cm³/mol. The summed E-state index contributed by atoms with van der Waals surface area (Å²) in [7, 11) is 0. The van der Waals surface area contributed by atoms with Gasteiger partial charge >= 0.3 is 0 Å². The number of carbonyl (C=O) groups excluding carboxylic acids is 2. The molecule has 7 heteroatoms. The molecule has 2 amide bonds. The topological polar surface area (TPSA) is 65.1 Å². The van der Waals surface area contributed by atoms with Crippen LogP contribution in [0.3, 0.4) is 0 Å². The molecule has 0 unspecified atom stereocenters. The van der Waals surface area contributed by atoms with Crippen LogP contribution in [0.2, 0.25) is 0 Å². The lowest BCUT2D eigenvalue weighted by atomic mass is 9.81. The highest BCUT2D eigenvalue weighted by Gasteiger charge is 2.53. The second-order valence-electron chi connectivity index (χ2n) is 11.3. The first-order valence-electron chi connectivity index (χ1n) is 14.2. The number of aryl methyl sites for hydroxylation is 1. The number of carbonyl (C=O) groups is 2. The Balaban J connectivity index is 1.31. The van der Waals surface area contributed by atoms with Crippen molar-refractivity contribution in [2.45, 2.75) is 70.4 Å². The summed E-state index contributed by atoms with van der Waals surface area (Å²) in [6.45, 7) is 11.8. The van der Waals surface area contributed by atoms with E-state index in [9.17, 15) is 9.59 Å². The number of nitrogens with zero attached hydrogens (tertiary/aromatic N) is 3. The van der Waals surface area contributed by atoms with Crippen molar-refractivity contribution in [3.05, 3.63) is 35.9 Å². The van der Waals surface area contributed by atoms with Gasteiger partial charge in [-0.3, -0.25) is 14.5 Å². The van der Waals surface area contributed by atoms with Gasteiger partial charge in [0.2, 0.25) is 11.8 Å². The Morgan fingerprint density at radius 3 is 2.31 bits per heavy atom. The molecule has 0 aliphatic carbocycles. The molecular formula is C29H46N4O3. The molecule has 0 saturated carbocycles. The first kappa shape index (κ1) is 27.1. The molecule has 1 atom stereocenters. The molecule has 0 bridgehead atoms. The zero-order valence-corrected chi connectivity index (χ0v) is 22.4. The number of piperazine rings is 1. The van der Waals surface area contributed by atoms with Gasteiger partial charge in [0.1, 0.15) is 11.6 Å². The summed E-state index contributed by atoms with van der Waals surface area (Å²) in [5.41, 5.74) is 0.721. The summed E-state index contributed by atoms with van der Waals surface area (Å²) in [6, 6.07) is 10.3. The number of amides is 2. The maximum absolute atomic E-state index is 13.6. The zero-order valence-electron chi connectivity index (χ0n) is 22.4. The van der Waals surface area contributed by atoms with Gasteiger partial charge in [-0.05, 0) is 56.6 Å². The molecule has 3 heterocycles. The minimum absolute atomic E-state index is 0.0669. The fraction of sp³-hybridized carbons (Fsp3) is 0.724. The quantitative estimate of drug-likeness (QED) is 0.476. The maximum Gasteiger partial charge on any atom is 0.246 e. The third-order valence-electron chi connectivity index (χ3n) is 8.23. The molecule has 0 aromatic heterocycles. The summed E-state index contributed by atoms with van der Waals surface area (Å²) >= 11 is 0. The Kier molecular flexibility index (Phi) is 9.80. The van der Waals surface area contributed by atoms with Crippen LogP contribution in [-0.4, -0.2) is 97.1 Å². The van der Waals surface area contributed by atoms with E-state index in [4.69, 9.17) is 4.74 Å². The van der Waals surface area contributed by atoms with Crippen molar-refractivity contribution in [2.24, 2.45) is 5.92 Å². The molecule has 7 nitrogen and oxygen atoms in total. The number of nitrogens with one attached hydrogen (secondary N) is 1. The van der Waals surface area contributed by atoms with Crippen LogP contribution in [0.15, 0.2) is 30.3 Å². The van der Waals surface area contributed by atoms with Crippen LogP contribution in [0, 0.1) is 5.92 Å². The van der Waals surface area contributed by atoms with E-state index in [0.29, 0.717) is 18.9 Å². The standard InChI is InChI=1S/C29H46N4O3/c1-24(2)23-26-27(34)33(18-17-32-19-21-36-22-20-32)29(28(35)30-26)12-15-31(16-13-29)14-8-4-7-11-25-9-5-3-6-10-25/h3,5-6,9-10,24,26H,4,7-8,11-23H2,1-2H3,(H,30,35)/t26-/m0/s1. The first-order valence-corrected chi connectivity index (χ1v) is 14.2. The molecule has 0 radical (unpaired) electrons. The van der Waals surface area contributed by atoms with Crippen molar-refractivity contribution in [3.63, 3.8) is 0 Å². The van der Waals surface area contributed by atoms with Crippen LogP contribution < -0.4 is 5.32 Å². The minimum atomic E-state index is -0.694. The van der Waals surface area contributed by atoms with Crippen molar-refractivity contribution < 1.29 is 14.3 Å². The van der Waals surface area contributed by atoms with Crippen LogP contribution in [0.4, 0.5) is 0 Å². The summed E-state index contributed by atoms with van der Waals surface area (Å²) in [5, 5.41) is 3.13. The Morgan fingerprint density at radius 1 is 0.917 bits per heavy atom. The molecule has 3 aliphatic rings. The number of benzene rings is 1. The van der Waals surface area contributed by atoms with Gasteiger partial charge in [-0.1, -0.05) is 50.6 Å². The molecule has 36 heavy (non-hydrogen) atoms. The number of hydrogen-bond donors (Lipinski definition) is 1. The predicted octanol–water partition coefficient (Wildman–Crippen LogP) is 2.94. The van der Waals surface area contributed by atoms with Crippen molar-refractivity contribution >= 4 is 11.8 Å². The third kappa shape index (κ3) is 6.87. The number of unbranched alkanes of at least 4 members (excludes halogenated alkanes) is 2. The van der Waals surface area contributed by atoms with Crippen molar-refractivity contribution in [1.29, 1.82) is 0 Å². The number of likely N-dealkylation sites (tertiary alicyclic amines) is 1. The van der Waals surface area contributed by atoms with Gasteiger partial charge in [-0.2, -0.15) is 0 Å². The van der Waals surface area contributed by atoms with E-state index in [2.05, 4.69) is 59.3 Å². The number of ether oxygens (including phenoxy) is 1. The molecule has 1 aromatic carbocycles. The average Bonchev–Trinajstić information content (AvgIpc) is 2.89. The summed E-state index contributed by atoms with van der Waals surface area (Å²) in [6.07, 6.45) is 6.91. The van der Waals surface area contributed by atoms with Crippen molar-refractivity contribution in [3.8, 4) is 0 Å². The monoisotopic (exact) mass is 498 g/mol. The number of piperidine rings is 1. The summed E-state index contributed by atoms with van der Waals surface area (Å²) in [5.74, 6) is 0.543. The molecule has 4 rings (SSSR count). The van der Waals surface area contributed by atoms with Gasteiger partial charge < -0.3 is 19.9 Å². The average molecular weight is 499 g/mol. The molecular weight excluding hydrogens is 452 g/mol. The molecule has 1 aromatic rings. The summed E-state index contributed by atoms with van der Waals surface area (Å²) < 4.78 is 5.49. The van der Waals surface area contributed by atoms with Crippen LogP contribution in [-0.2, 0) is 20.7 Å². The fourth-order valence-electron chi connectivity index (χ4n) is 6.03. The van der Waals surface area contributed by atoms with E-state index >= 15 is 0 Å². The van der Waals surface area contributed by atoms with Gasteiger partial charge in [0.25, 0.3) is 0 Å². The number of hydrogen-bond acceptors (Lipinski definition) is 5. The van der Waals surface area contributed by atoms with E-state index in [1.165, 1.54) is 24.8 Å². The number of rotatable bonds is 11. The molecule has 200 valence electrons. The molecule has 1 N–H and O–H groups in total. The number of morpholine rings is 1. The summed E-state index contributed by atoms with van der Waals surface area (Å²) in [4.78, 5) is 34.0. The molecule has 3 saturated heterocycles. The largest absolute Gasteiger partial charge is 0.379 e. The first-order chi connectivity index (χ1) is 17.5. The van der Waals surface area contributed by atoms with Gasteiger partial charge in [0, 0.05) is 39.3 Å². The molecule has 3 aliphatic heterocycles. The lowest BCUT2D eigenvalue weighted by molar-refractivity contribution is -0.162. The van der Waals surface area contributed by atoms with Crippen molar-refractivity contribution in [1.82, 2.24) is 20.0 Å². The van der Waals surface area contributed by atoms with Gasteiger partial charge in [0.15, 0.2) is 0 Å². The Morgan fingerprint density at radius 2 is 1.61 bits per heavy atom. The maximum atomic E-state index is 13.6. The van der Waals surface area contributed by atoms with Gasteiger partial charge in [-0.25, -0.2) is 0 Å². The second kappa shape index (κ2) is 13.0. The normalized spacial score (nSPS) is 23.4. The van der Waals surface area contributed by atoms with Crippen LogP contribution in [0.1, 0.15) is 57.9 Å². The SMILES string of the molecule is CC(C)C[C@@H]1NC(=O)C2(CCN(CCCCCc3ccccc3)CC2)N(CCN2CCOCC2)C1=O. The Bertz CT molecular complexity index is 832. The zero-order chi connectivity index (χ0) is 25.4. The smallest absolute Gasteiger partial charge is 0.246 e. The second-order valence-corrected chi connectivity index (χ2v) is 11.3. The fourth-order valence-corrected chi connectivity index (χ4v) is 6.03. The van der Waals surface area contributed by atoms with Gasteiger partial charge in [-0.15, -0.1) is 0 Å².